The minimum absolute atomic E-state index is 1.16. The van der Waals surface area contributed by atoms with E-state index in [-0.39, 0.29) is 0 Å². The molecule has 0 N–H and O–H groups in total. The molecule has 0 saturated carbocycles. The molecule has 0 radical (unpaired) electrons. The fourth-order valence-corrected chi connectivity index (χ4v) is 2.99. The standard InChI is InChI=1S/C17H21NS/c1-2-3-10-15-19-18(16-11-6-4-7-12-16)17-13-8-5-9-14-17/h4-9,11-14H,2-3,10,15H2,1H3. The molecule has 0 unspecified atom stereocenters. The van der Waals surface area contributed by atoms with Gasteiger partial charge in [-0.3, -0.25) is 4.31 Å². The van der Waals surface area contributed by atoms with Gasteiger partial charge in [-0.05, 0) is 42.6 Å². The van der Waals surface area contributed by atoms with Gasteiger partial charge in [0.2, 0.25) is 0 Å². The third-order valence-corrected chi connectivity index (χ3v) is 4.10. The van der Waals surface area contributed by atoms with Gasteiger partial charge in [0.25, 0.3) is 0 Å². The molecular weight excluding hydrogens is 250 g/mol. The van der Waals surface area contributed by atoms with Crippen molar-refractivity contribution in [2.75, 3.05) is 10.1 Å². The molecule has 0 aliphatic rings. The summed E-state index contributed by atoms with van der Waals surface area (Å²) in [7, 11) is 0. The second kappa shape index (κ2) is 7.90. The summed E-state index contributed by atoms with van der Waals surface area (Å²) in [5, 5.41) is 0. The Labute approximate surface area is 120 Å². The van der Waals surface area contributed by atoms with E-state index in [4.69, 9.17) is 0 Å². The molecule has 0 aliphatic carbocycles. The van der Waals surface area contributed by atoms with Gasteiger partial charge in [-0.25, -0.2) is 0 Å². The van der Waals surface area contributed by atoms with Crippen molar-refractivity contribution < 1.29 is 0 Å². The van der Waals surface area contributed by atoms with Gasteiger partial charge in [-0.2, -0.15) is 0 Å². The summed E-state index contributed by atoms with van der Waals surface area (Å²) in [6, 6.07) is 21.2. The maximum absolute atomic E-state index is 2.33. The van der Waals surface area contributed by atoms with Gasteiger partial charge < -0.3 is 0 Å². The minimum atomic E-state index is 1.16. The maximum atomic E-state index is 2.33. The molecule has 2 rings (SSSR count). The van der Waals surface area contributed by atoms with Crippen LogP contribution in [-0.4, -0.2) is 5.75 Å². The van der Waals surface area contributed by atoms with Crippen molar-refractivity contribution in [3.8, 4) is 0 Å². The summed E-state index contributed by atoms with van der Waals surface area (Å²) in [4.78, 5) is 0. The summed E-state index contributed by atoms with van der Waals surface area (Å²) in [5.41, 5.74) is 2.49. The average molecular weight is 271 g/mol. The number of rotatable bonds is 7. The van der Waals surface area contributed by atoms with Crippen molar-refractivity contribution >= 4 is 23.3 Å². The molecule has 1 nitrogen and oxygen atoms in total. The third-order valence-electron chi connectivity index (χ3n) is 2.95. The van der Waals surface area contributed by atoms with Crippen LogP contribution in [0.1, 0.15) is 26.2 Å². The van der Waals surface area contributed by atoms with Crippen molar-refractivity contribution in [1.82, 2.24) is 0 Å². The largest absolute Gasteiger partial charge is 0.285 e. The van der Waals surface area contributed by atoms with E-state index in [0.717, 1.165) is 5.75 Å². The van der Waals surface area contributed by atoms with Crippen LogP contribution in [0.3, 0.4) is 0 Å². The van der Waals surface area contributed by atoms with Gasteiger partial charge in [0.15, 0.2) is 0 Å². The highest BCUT2D eigenvalue weighted by atomic mass is 32.2. The summed E-state index contributed by atoms with van der Waals surface area (Å²) in [6.07, 6.45) is 3.86. The van der Waals surface area contributed by atoms with Crippen molar-refractivity contribution in [1.29, 1.82) is 0 Å². The highest BCUT2D eigenvalue weighted by molar-refractivity contribution is 8.00. The normalized spacial score (nSPS) is 10.4. The lowest BCUT2D eigenvalue weighted by Gasteiger charge is -2.23. The number of anilines is 2. The Morgan fingerprint density at radius 2 is 1.32 bits per heavy atom. The first-order valence-electron chi connectivity index (χ1n) is 6.95. The minimum Gasteiger partial charge on any atom is -0.285 e. The van der Waals surface area contributed by atoms with E-state index in [1.165, 1.54) is 30.6 Å². The lowest BCUT2D eigenvalue weighted by Crippen LogP contribution is -2.07. The summed E-state index contributed by atoms with van der Waals surface area (Å²) in [5.74, 6) is 1.16. The van der Waals surface area contributed by atoms with Gasteiger partial charge in [0.05, 0.1) is 11.4 Å². The van der Waals surface area contributed by atoms with Gasteiger partial charge in [0.1, 0.15) is 0 Å². The topological polar surface area (TPSA) is 3.24 Å². The Hall–Kier alpha value is -1.41. The van der Waals surface area contributed by atoms with E-state index in [0.29, 0.717) is 0 Å². The van der Waals surface area contributed by atoms with Crippen LogP contribution < -0.4 is 4.31 Å². The van der Waals surface area contributed by atoms with Crippen molar-refractivity contribution in [3.05, 3.63) is 60.7 Å². The molecule has 0 heterocycles. The Morgan fingerprint density at radius 1 is 0.789 bits per heavy atom. The van der Waals surface area contributed by atoms with Gasteiger partial charge in [-0.1, -0.05) is 56.2 Å². The van der Waals surface area contributed by atoms with Crippen LogP contribution in [0.25, 0.3) is 0 Å². The number of benzene rings is 2. The lowest BCUT2D eigenvalue weighted by molar-refractivity contribution is 0.778. The maximum Gasteiger partial charge on any atom is 0.0525 e. The molecule has 0 amide bonds. The SMILES string of the molecule is CCCCCSN(c1ccccc1)c1ccccc1. The van der Waals surface area contributed by atoms with Gasteiger partial charge >= 0.3 is 0 Å². The van der Waals surface area contributed by atoms with Crippen LogP contribution in [0.2, 0.25) is 0 Å². The first-order chi connectivity index (χ1) is 9.42. The van der Waals surface area contributed by atoms with Crippen LogP contribution >= 0.6 is 11.9 Å². The highest BCUT2D eigenvalue weighted by Crippen LogP contribution is 2.32. The van der Waals surface area contributed by atoms with E-state index in [2.05, 4.69) is 71.9 Å². The van der Waals surface area contributed by atoms with E-state index < -0.39 is 0 Å². The second-order valence-electron chi connectivity index (χ2n) is 4.51. The molecule has 100 valence electrons. The number of para-hydroxylation sites is 2. The number of unbranched alkanes of at least 4 members (excludes halogenated alkanes) is 2. The molecule has 0 fully saturated rings. The molecule has 2 aromatic carbocycles. The summed E-state index contributed by atoms with van der Waals surface area (Å²) >= 11 is 1.90. The van der Waals surface area contributed by atoms with Crippen LogP contribution in [0.5, 0.6) is 0 Å². The molecule has 0 bridgehead atoms. The van der Waals surface area contributed by atoms with Gasteiger partial charge in [0, 0.05) is 5.75 Å². The molecular formula is C17H21NS. The van der Waals surface area contributed by atoms with Crippen LogP contribution in [-0.2, 0) is 0 Å². The molecule has 19 heavy (non-hydrogen) atoms. The van der Waals surface area contributed by atoms with Crippen molar-refractivity contribution in [2.24, 2.45) is 0 Å². The lowest BCUT2D eigenvalue weighted by atomic mass is 10.3. The van der Waals surface area contributed by atoms with E-state index in [1.54, 1.807) is 0 Å². The Balaban J connectivity index is 2.10. The summed E-state index contributed by atoms with van der Waals surface area (Å²) in [6.45, 7) is 2.25. The predicted octanol–water partition coefficient (Wildman–Crippen LogP) is 5.66. The zero-order chi connectivity index (χ0) is 13.3. The monoisotopic (exact) mass is 271 g/mol. The zero-order valence-corrected chi connectivity index (χ0v) is 12.3. The highest BCUT2D eigenvalue weighted by Gasteiger charge is 2.08. The van der Waals surface area contributed by atoms with E-state index in [9.17, 15) is 0 Å². The van der Waals surface area contributed by atoms with Crippen molar-refractivity contribution in [3.63, 3.8) is 0 Å². The van der Waals surface area contributed by atoms with Crippen LogP contribution in [0.15, 0.2) is 60.7 Å². The fourth-order valence-electron chi connectivity index (χ4n) is 1.93. The molecule has 0 saturated heterocycles. The smallest absolute Gasteiger partial charge is 0.0525 e. The molecule has 0 spiro atoms. The molecule has 0 aromatic heterocycles. The Bertz CT molecular complexity index is 416. The summed E-state index contributed by atoms with van der Waals surface area (Å²) < 4.78 is 2.33. The quantitative estimate of drug-likeness (QED) is 0.472. The Morgan fingerprint density at radius 3 is 1.79 bits per heavy atom. The number of hydrogen-bond donors (Lipinski definition) is 0. The van der Waals surface area contributed by atoms with E-state index >= 15 is 0 Å². The average Bonchev–Trinajstić information content (AvgIpc) is 2.49. The number of nitrogens with zero attached hydrogens (tertiary/aromatic N) is 1. The number of hydrogen-bond acceptors (Lipinski definition) is 2. The van der Waals surface area contributed by atoms with Crippen molar-refractivity contribution in [2.45, 2.75) is 26.2 Å². The first kappa shape index (κ1) is 14.0. The predicted molar refractivity (Wildman–Crippen MR) is 87.0 cm³/mol. The second-order valence-corrected chi connectivity index (χ2v) is 5.54. The van der Waals surface area contributed by atoms with Crippen LogP contribution in [0.4, 0.5) is 11.4 Å². The first-order valence-corrected chi connectivity index (χ1v) is 7.89. The fraction of sp³-hybridized carbons (Fsp3) is 0.294. The van der Waals surface area contributed by atoms with Crippen LogP contribution in [0, 0.1) is 0 Å². The zero-order valence-electron chi connectivity index (χ0n) is 11.5. The molecule has 0 aliphatic heterocycles. The third kappa shape index (κ3) is 4.32. The Kier molecular flexibility index (Phi) is 5.83. The molecule has 2 heteroatoms. The van der Waals surface area contributed by atoms with Gasteiger partial charge in [-0.15, -0.1) is 0 Å². The molecule has 2 aromatic rings. The molecule has 0 atom stereocenters. The van der Waals surface area contributed by atoms with E-state index in [1.807, 2.05) is 11.9 Å².